The van der Waals surface area contributed by atoms with Crippen molar-refractivity contribution in [3.63, 3.8) is 0 Å². The average Bonchev–Trinajstić information content (AvgIpc) is 2.72. The molecule has 0 spiro atoms. The second-order valence-corrected chi connectivity index (χ2v) is 5.98. The number of benzene rings is 1. The van der Waals surface area contributed by atoms with E-state index in [0.29, 0.717) is 12.0 Å². The predicted octanol–water partition coefficient (Wildman–Crippen LogP) is 1.46. The van der Waals surface area contributed by atoms with Gasteiger partial charge in [-0.3, -0.25) is 4.90 Å². The maximum Gasteiger partial charge on any atom is 0.119 e. The van der Waals surface area contributed by atoms with E-state index in [1.807, 2.05) is 6.07 Å². The Morgan fingerprint density at radius 1 is 1.30 bits per heavy atom. The van der Waals surface area contributed by atoms with Gasteiger partial charge in [0.15, 0.2) is 0 Å². The molecule has 1 aromatic carbocycles. The normalized spacial score (nSPS) is 28.1. The third-order valence-corrected chi connectivity index (χ3v) is 4.35. The molecule has 2 aliphatic heterocycles. The third kappa shape index (κ3) is 3.14. The largest absolute Gasteiger partial charge is 0.497 e. The van der Waals surface area contributed by atoms with Gasteiger partial charge < -0.3 is 14.4 Å². The van der Waals surface area contributed by atoms with Gasteiger partial charge in [-0.15, -0.1) is 0 Å². The van der Waals surface area contributed by atoms with Crippen molar-refractivity contribution in [1.82, 2.24) is 9.80 Å². The molecule has 2 atom stereocenters. The van der Waals surface area contributed by atoms with Crippen molar-refractivity contribution in [3.8, 4) is 5.75 Å². The Hall–Kier alpha value is -1.10. The molecule has 4 nitrogen and oxygen atoms in total. The zero-order valence-corrected chi connectivity index (χ0v) is 12.4. The molecule has 4 heteroatoms. The van der Waals surface area contributed by atoms with Crippen LogP contribution in [0.2, 0.25) is 0 Å². The average molecular weight is 276 g/mol. The maximum absolute atomic E-state index is 6.00. The van der Waals surface area contributed by atoms with E-state index in [4.69, 9.17) is 9.47 Å². The molecule has 20 heavy (non-hydrogen) atoms. The molecule has 2 fully saturated rings. The van der Waals surface area contributed by atoms with Gasteiger partial charge in [-0.2, -0.15) is 0 Å². The molecule has 2 saturated heterocycles. The lowest BCUT2D eigenvalue weighted by Crippen LogP contribution is -2.29. The van der Waals surface area contributed by atoms with E-state index in [1.54, 1.807) is 7.11 Å². The van der Waals surface area contributed by atoms with Gasteiger partial charge in [0, 0.05) is 38.6 Å². The van der Waals surface area contributed by atoms with Crippen LogP contribution in [0.25, 0.3) is 0 Å². The summed E-state index contributed by atoms with van der Waals surface area (Å²) in [4.78, 5) is 4.89. The van der Waals surface area contributed by atoms with Crippen LogP contribution in [0.4, 0.5) is 0 Å². The zero-order valence-electron chi connectivity index (χ0n) is 12.4. The Morgan fingerprint density at radius 3 is 3.05 bits per heavy atom. The first-order valence-electron chi connectivity index (χ1n) is 7.40. The van der Waals surface area contributed by atoms with Crippen LogP contribution in [0.15, 0.2) is 24.3 Å². The molecular formula is C16H24N2O2. The van der Waals surface area contributed by atoms with Crippen LogP contribution < -0.4 is 4.74 Å². The van der Waals surface area contributed by atoms with Gasteiger partial charge in [0.1, 0.15) is 5.75 Å². The van der Waals surface area contributed by atoms with Gasteiger partial charge in [-0.05, 0) is 24.7 Å². The van der Waals surface area contributed by atoms with E-state index < -0.39 is 0 Å². The fourth-order valence-corrected chi connectivity index (χ4v) is 3.30. The highest BCUT2D eigenvalue weighted by Gasteiger charge is 2.35. The quantitative estimate of drug-likeness (QED) is 0.834. The van der Waals surface area contributed by atoms with Crippen LogP contribution >= 0.6 is 0 Å². The second-order valence-electron chi connectivity index (χ2n) is 5.98. The van der Waals surface area contributed by atoms with Crippen molar-refractivity contribution in [1.29, 1.82) is 0 Å². The Labute approximate surface area is 121 Å². The smallest absolute Gasteiger partial charge is 0.119 e. The number of fused-ring (bicyclic) bond motifs is 1. The van der Waals surface area contributed by atoms with Crippen LogP contribution in [0.5, 0.6) is 5.75 Å². The third-order valence-electron chi connectivity index (χ3n) is 4.35. The number of likely N-dealkylation sites (N-methyl/N-ethyl adjacent to an activating group) is 1. The SMILES string of the molecule is COc1cccc(CN2C[C@H]3CN(C)CCO[C@H]3C2)c1. The van der Waals surface area contributed by atoms with Gasteiger partial charge >= 0.3 is 0 Å². The number of rotatable bonds is 3. The van der Waals surface area contributed by atoms with Crippen molar-refractivity contribution in [2.24, 2.45) is 5.92 Å². The summed E-state index contributed by atoms with van der Waals surface area (Å²) in [6, 6.07) is 8.35. The molecule has 0 bridgehead atoms. The Bertz CT molecular complexity index is 452. The molecule has 3 rings (SSSR count). The molecule has 1 aromatic rings. The molecule has 2 aliphatic rings. The number of methoxy groups -OCH3 is 1. The molecule has 0 amide bonds. The van der Waals surface area contributed by atoms with Gasteiger partial charge in [-0.25, -0.2) is 0 Å². The van der Waals surface area contributed by atoms with Crippen LogP contribution in [0, 0.1) is 5.92 Å². The van der Waals surface area contributed by atoms with Crippen LogP contribution in [-0.4, -0.2) is 62.8 Å². The van der Waals surface area contributed by atoms with E-state index >= 15 is 0 Å². The van der Waals surface area contributed by atoms with Gasteiger partial charge in [0.05, 0.1) is 19.8 Å². The summed E-state index contributed by atoms with van der Waals surface area (Å²) >= 11 is 0. The minimum atomic E-state index is 0.408. The number of ether oxygens (including phenoxy) is 2. The van der Waals surface area contributed by atoms with E-state index in [0.717, 1.165) is 45.1 Å². The Kier molecular flexibility index (Phi) is 4.24. The molecule has 0 N–H and O–H groups in total. The first-order valence-corrected chi connectivity index (χ1v) is 7.40. The van der Waals surface area contributed by atoms with Crippen molar-refractivity contribution >= 4 is 0 Å². The fraction of sp³-hybridized carbons (Fsp3) is 0.625. The summed E-state index contributed by atoms with van der Waals surface area (Å²) in [7, 11) is 3.91. The lowest BCUT2D eigenvalue weighted by atomic mass is 10.1. The van der Waals surface area contributed by atoms with E-state index in [-0.39, 0.29) is 0 Å². The van der Waals surface area contributed by atoms with Gasteiger partial charge in [0.2, 0.25) is 0 Å². The summed E-state index contributed by atoms with van der Waals surface area (Å²) in [6.07, 6.45) is 0.408. The van der Waals surface area contributed by atoms with Crippen LogP contribution in [-0.2, 0) is 11.3 Å². The van der Waals surface area contributed by atoms with Crippen LogP contribution in [0.3, 0.4) is 0 Å². The Balaban J connectivity index is 1.62. The van der Waals surface area contributed by atoms with Crippen LogP contribution in [0.1, 0.15) is 5.56 Å². The topological polar surface area (TPSA) is 24.9 Å². The number of nitrogens with zero attached hydrogens (tertiary/aromatic N) is 2. The Morgan fingerprint density at radius 2 is 2.20 bits per heavy atom. The van der Waals surface area contributed by atoms with Gasteiger partial charge in [0.25, 0.3) is 0 Å². The monoisotopic (exact) mass is 276 g/mol. The first kappa shape index (κ1) is 13.9. The zero-order chi connectivity index (χ0) is 13.9. The van der Waals surface area contributed by atoms with Crippen molar-refractivity contribution < 1.29 is 9.47 Å². The lowest BCUT2D eigenvalue weighted by Gasteiger charge is -2.19. The minimum Gasteiger partial charge on any atom is -0.497 e. The lowest BCUT2D eigenvalue weighted by molar-refractivity contribution is 0.0514. The van der Waals surface area contributed by atoms with E-state index in [9.17, 15) is 0 Å². The van der Waals surface area contributed by atoms with E-state index in [2.05, 4.69) is 35.0 Å². The molecule has 0 unspecified atom stereocenters. The second kappa shape index (κ2) is 6.12. The first-order chi connectivity index (χ1) is 9.74. The number of hydrogen-bond acceptors (Lipinski definition) is 4. The van der Waals surface area contributed by atoms with Crippen molar-refractivity contribution in [2.45, 2.75) is 12.6 Å². The molecule has 0 aromatic heterocycles. The van der Waals surface area contributed by atoms with Crippen molar-refractivity contribution in [2.75, 3.05) is 46.9 Å². The molecule has 0 aliphatic carbocycles. The summed E-state index contributed by atoms with van der Waals surface area (Å²) in [5.41, 5.74) is 1.31. The molecule has 110 valence electrons. The fourth-order valence-electron chi connectivity index (χ4n) is 3.30. The number of likely N-dealkylation sites (tertiary alicyclic amines) is 1. The van der Waals surface area contributed by atoms with Crippen molar-refractivity contribution in [3.05, 3.63) is 29.8 Å². The summed E-state index contributed by atoms with van der Waals surface area (Å²) in [5, 5.41) is 0. The molecule has 0 radical (unpaired) electrons. The maximum atomic E-state index is 6.00. The summed E-state index contributed by atoms with van der Waals surface area (Å²) < 4.78 is 11.3. The highest BCUT2D eigenvalue weighted by Crippen LogP contribution is 2.25. The predicted molar refractivity (Wildman–Crippen MR) is 79.0 cm³/mol. The van der Waals surface area contributed by atoms with Gasteiger partial charge in [-0.1, -0.05) is 12.1 Å². The molecule has 0 saturated carbocycles. The molecule has 2 heterocycles. The minimum absolute atomic E-state index is 0.408. The highest BCUT2D eigenvalue weighted by molar-refractivity contribution is 5.28. The highest BCUT2D eigenvalue weighted by atomic mass is 16.5. The molecular weight excluding hydrogens is 252 g/mol. The number of hydrogen-bond donors (Lipinski definition) is 0. The standard InChI is InChI=1S/C16H24N2O2/c1-17-6-7-20-16-12-18(11-14(16)10-17)9-13-4-3-5-15(8-13)19-2/h3-5,8,14,16H,6-7,9-12H2,1-2H3/t14-,16+/m1/s1. The van der Waals surface area contributed by atoms with E-state index in [1.165, 1.54) is 5.56 Å². The summed E-state index contributed by atoms with van der Waals surface area (Å²) in [5.74, 6) is 1.58. The summed E-state index contributed by atoms with van der Waals surface area (Å²) in [6.45, 7) is 6.24.